The minimum atomic E-state index is 0.0283. The molecule has 2 fully saturated rings. The number of ether oxygens (including phenoxy) is 2. The monoisotopic (exact) mass is 388 g/mol. The maximum absolute atomic E-state index is 12.6. The van der Waals surface area contributed by atoms with Gasteiger partial charge < -0.3 is 20.1 Å². The maximum Gasteiger partial charge on any atom is 0.227 e. The molecule has 28 heavy (non-hydrogen) atoms. The summed E-state index contributed by atoms with van der Waals surface area (Å²) < 4.78 is 10.7. The maximum atomic E-state index is 12.6. The van der Waals surface area contributed by atoms with Gasteiger partial charge in [0.25, 0.3) is 0 Å². The molecule has 154 valence electrons. The first-order chi connectivity index (χ1) is 13.6. The number of carbonyl (C=O) groups is 2. The molecule has 2 saturated carbocycles. The minimum absolute atomic E-state index is 0.0283. The summed E-state index contributed by atoms with van der Waals surface area (Å²) in [4.78, 5) is 25.1. The number of rotatable bonds is 6. The number of nitrogens with one attached hydrogen (secondary N) is 2. The van der Waals surface area contributed by atoms with Crippen LogP contribution in [0.15, 0.2) is 24.3 Å². The van der Waals surface area contributed by atoms with E-state index in [1.54, 1.807) is 14.2 Å². The van der Waals surface area contributed by atoms with Gasteiger partial charge in [-0.15, -0.1) is 0 Å². The molecule has 0 spiro atoms. The normalized spacial score (nSPS) is 27.8. The molecule has 0 atom stereocenters. The van der Waals surface area contributed by atoms with Gasteiger partial charge in [0.15, 0.2) is 0 Å². The van der Waals surface area contributed by atoms with Crippen molar-refractivity contribution in [2.75, 3.05) is 24.9 Å². The van der Waals surface area contributed by atoms with Crippen molar-refractivity contribution in [1.29, 1.82) is 0 Å². The summed E-state index contributed by atoms with van der Waals surface area (Å²) in [6, 6.07) is 7.41. The second-order valence-corrected chi connectivity index (χ2v) is 7.98. The quantitative estimate of drug-likeness (QED) is 0.773. The van der Waals surface area contributed by atoms with Gasteiger partial charge in [-0.05, 0) is 69.6 Å². The Labute approximate surface area is 167 Å². The lowest BCUT2D eigenvalue weighted by molar-refractivity contribution is -0.122. The molecule has 1 aromatic rings. The Balaban J connectivity index is 1.51. The van der Waals surface area contributed by atoms with Gasteiger partial charge in [-0.3, -0.25) is 9.59 Å². The van der Waals surface area contributed by atoms with E-state index in [2.05, 4.69) is 10.6 Å². The van der Waals surface area contributed by atoms with Gasteiger partial charge in [-0.2, -0.15) is 0 Å². The SMILES string of the molecule is COC1CCC(C(=O)Nc2cccc(NC(=O)C3CCC(OC)CC3)c2)CC1. The summed E-state index contributed by atoms with van der Waals surface area (Å²) in [6.45, 7) is 0. The molecule has 0 aromatic heterocycles. The van der Waals surface area contributed by atoms with Crippen molar-refractivity contribution in [3.8, 4) is 0 Å². The van der Waals surface area contributed by atoms with Crippen molar-refractivity contribution in [2.45, 2.75) is 63.6 Å². The molecular formula is C22H32N2O4. The third-order valence-electron chi connectivity index (χ3n) is 6.15. The first-order valence-corrected chi connectivity index (χ1v) is 10.4. The second-order valence-electron chi connectivity index (χ2n) is 7.98. The van der Waals surface area contributed by atoms with Crippen LogP contribution in [0.2, 0.25) is 0 Å². The predicted molar refractivity (Wildman–Crippen MR) is 109 cm³/mol. The van der Waals surface area contributed by atoms with E-state index in [4.69, 9.17) is 9.47 Å². The average Bonchev–Trinajstić information content (AvgIpc) is 2.74. The highest BCUT2D eigenvalue weighted by molar-refractivity contribution is 5.95. The van der Waals surface area contributed by atoms with Crippen LogP contribution in [-0.4, -0.2) is 38.2 Å². The van der Waals surface area contributed by atoms with Crippen LogP contribution in [0, 0.1) is 11.8 Å². The number of hydrogen-bond acceptors (Lipinski definition) is 4. The highest BCUT2D eigenvalue weighted by atomic mass is 16.5. The fraction of sp³-hybridized carbons (Fsp3) is 0.636. The van der Waals surface area contributed by atoms with E-state index in [0.717, 1.165) is 62.7 Å². The number of carbonyl (C=O) groups excluding carboxylic acids is 2. The van der Waals surface area contributed by atoms with Gasteiger partial charge in [0.1, 0.15) is 0 Å². The van der Waals surface area contributed by atoms with Crippen molar-refractivity contribution in [3.05, 3.63) is 24.3 Å². The zero-order valence-electron chi connectivity index (χ0n) is 16.9. The topological polar surface area (TPSA) is 76.7 Å². The van der Waals surface area contributed by atoms with Crippen molar-refractivity contribution in [2.24, 2.45) is 11.8 Å². The van der Waals surface area contributed by atoms with Crippen LogP contribution < -0.4 is 10.6 Å². The molecule has 0 saturated heterocycles. The Kier molecular flexibility index (Phi) is 7.45. The predicted octanol–water partition coefficient (Wildman–Crippen LogP) is 3.97. The third-order valence-corrected chi connectivity index (χ3v) is 6.15. The number of benzene rings is 1. The first kappa shape index (κ1) is 20.8. The molecule has 0 heterocycles. The Morgan fingerprint density at radius 2 is 1.14 bits per heavy atom. The molecule has 0 aliphatic heterocycles. The van der Waals surface area contributed by atoms with Crippen molar-refractivity contribution >= 4 is 23.2 Å². The van der Waals surface area contributed by atoms with Crippen LogP contribution in [0.3, 0.4) is 0 Å². The van der Waals surface area contributed by atoms with Gasteiger partial charge in [0.05, 0.1) is 12.2 Å². The van der Waals surface area contributed by atoms with Gasteiger partial charge in [0, 0.05) is 37.4 Å². The smallest absolute Gasteiger partial charge is 0.227 e. The lowest BCUT2D eigenvalue weighted by Crippen LogP contribution is -2.30. The molecule has 2 aliphatic rings. The van der Waals surface area contributed by atoms with Crippen LogP contribution in [0.25, 0.3) is 0 Å². The minimum Gasteiger partial charge on any atom is -0.381 e. The standard InChI is InChI=1S/C22H32N2O4/c1-27-19-10-6-15(7-11-19)21(25)23-17-4-3-5-18(14-17)24-22(26)16-8-12-20(28-2)13-9-16/h3-5,14-16,19-20H,6-13H2,1-2H3,(H,23,25)(H,24,26). The fourth-order valence-electron chi connectivity index (χ4n) is 4.28. The Hall–Kier alpha value is -1.92. The zero-order valence-corrected chi connectivity index (χ0v) is 16.9. The van der Waals surface area contributed by atoms with Crippen molar-refractivity contribution in [1.82, 2.24) is 0 Å². The molecular weight excluding hydrogens is 356 g/mol. The molecule has 6 nitrogen and oxygen atoms in total. The van der Waals surface area contributed by atoms with E-state index >= 15 is 0 Å². The van der Waals surface area contributed by atoms with Crippen LogP contribution in [0.1, 0.15) is 51.4 Å². The molecule has 1 aromatic carbocycles. The van der Waals surface area contributed by atoms with Gasteiger partial charge in [-0.1, -0.05) is 6.07 Å². The van der Waals surface area contributed by atoms with Gasteiger partial charge in [0.2, 0.25) is 11.8 Å². The number of methoxy groups -OCH3 is 2. The summed E-state index contributed by atoms with van der Waals surface area (Å²) in [6.07, 6.45) is 7.67. The summed E-state index contributed by atoms with van der Waals surface area (Å²) in [5.74, 6) is 0.160. The zero-order chi connectivity index (χ0) is 19.9. The van der Waals surface area contributed by atoms with E-state index in [0.29, 0.717) is 0 Å². The van der Waals surface area contributed by atoms with E-state index in [9.17, 15) is 9.59 Å². The van der Waals surface area contributed by atoms with Crippen molar-refractivity contribution < 1.29 is 19.1 Å². The average molecular weight is 389 g/mol. The molecule has 0 unspecified atom stereocenters. The molecule has 3 rings (SSSR count). The summed E-state index contributed by atoms with van der Waals surface area (Å²) in [5, 5.41) is 6.01. The fourth-order valence-corrected chi connectivity index (χ4v) is 4.28. The summed E-state index contributed by atoms with van der Waals surface area (Å²) >= 11 is 0. The van der Waals surface area contributed by atoms with E-state index < -0.39 is 0 Å². The molecule has 2 amide bonds. The van der Waals surface area contributed by atoms with Crippen molar-refractivity contribution in [3.63, 3.8) is 0 Å². The molecule has 2 N–H and O–H groups in total. The summed E-state index contributed by atoms with van der Waals surface area (Å²) in [5.41, 5.74) is 1.44. The van der Waals surface area contributed by atoms with Crippen LogP contribution >= 0.6 is 0 Å². The Morgan fingerprint density at radius 3 is 1.50 bits per heavy atom. The van der Waals surface area contributed by atoms with Crippen LogP contribution in [-0.2, 0) is 19.1 Å². The highest BCUT2D eigenvalue weighted by Gasteiger charge is 2.27. The van der Waals surface area contributed by atoms with Crippen LogP contribution in [0.5, 0.6) is 0 Å². The second kappa shape index (κ2) is 10.0. The number of hydrogen-bond donors (Lipinski definition) is 2. The largest absolute Gasteiger partial charge is 0.381 e. The van der Waals surface area contributed by atoms with Crippen LogP contribution in [0.4, 0.5) is 11.4 Å². The lowest BCUT2D eigenvalue weighted by atomic mass is 9.86. The van der Waals surface area contributed by atoms with Gasteiger partial charge >= 0.3 is 0 Å². The first-order valence-electron chi connectivity index (χ1n) is 10.4. The Bertz CT molecular complexity index is 609. The molecule has 2 aliphatic carbocycles. The highest BCUT2D eigenvalue weighted by Crippen LogP contribution is 2.29. The lowest BCUT2D eigenvalue weighted by Gasteiger charge is -2.27. The Morgan fingerprint density at radius 1 is 0.750 bits per heavy atom. The van der Waals surface area contributed by atoms with E-state index in [-0.39, 0.29) is 35.9 Å². The van der Waals surface area contributed by atoms with E-state index in [1.165, 1.54) is 0 Å². The summed E-state index contributed by atoms with van der Waals surface area (Å²) in [7, 11) is 3.46. The number of amides is 2. The third kappa shape index (κ3) is 5.55. The molecule has 0 bridgehead atoms. The molecule has 0 radical (unpaired) electrons. The number of anilines is 2. The van der Waals surface area contributed by atoms with E-state index in [1.807, 2.05) is 24.3 Å². The van der Waals surface area contributed by atoms with Gasteiger partial charge in [-0.25, -0.2) is 0 Å². The molecule has 6 heteroatoms.